The van der Waals surface area contributed by atoms with E-state index in [0.717, 1.165) is 5.56 Å². The van der Waals surface area contributed by atoms with E-state index in [1.165, 1.54) is 25.7 Å². The third-order valence-corrected chi connectivity index (χ3v) is 4.50. The number of carbonyl (C=O) groups excluding carboxylic acids is 1. The van der Waals surface area contributed by atoms with Gasteiger partial charge in [-0.3, -0.25) is 4.79 Å². The number of aromatic nitrogens is 5. The number of pyridine rings is 2. The Kier molecular flexibility index (Phi) is 5.34. The van der Waals surface area contributed by atoms with Crippen LogP contribution < -0.4 is 9.47 Å². The first kappa shape index (κ1) is 19.4. The lowest BCUT2D eigenvalue weighted by atomic mass is 10.0. The van der Waals surface area contributed by atoms with Crippen LogP contribution in [0.3, 0.4) is 0 Å². The van der Waals surface area contributed by atoms with Gasteiger partial charge in [-0.2, -0.15) is 4.39 Å². The van der Waals surface area contributed by atoms with E-state index in [-0.39, 0.29) is 17.0 Å². The smallest absolute Gasteiger partial charge is 0.226 e. The van der Waals surface area contributed by atoms with Gasteiger partial charge in [-0.05, 0) is 24.6 Å². The Morgan fingerprint density at radius 2 is 2.00 bits per heavy atom. The molecular weight excluding hydrogens is 389 g/mol. The molecule has 4 aromatic heterocycles. The summed E-state index contributed by atoms with van der Waals surface area (Å²) < 4.78 is 25.2. The quantitative estimate of drug-likeness (QED) is 0.371. The number of halogens is 1. The minimum Gasteiger partial charge on any atom is -0.480 e. The lowest BCUT2D eigenvalue weighted by Crippen LogP contribution is -2.08. The summed E-state index contributed by atoms with van der Waals surface area (Å²) in [6, 6.07) is 6.64. The Labute approximate surface area is 171 Å². The van der Waals surface area contributed by atoms with Gasteiger partial charge in [0.1, 0.15) is 12.0 Å². The number of hydrogen-bond acceptors (Lipinski definition) is 7. The van der Waals surface area contributed by atoms with Crippen molar-refractivity contribution in [1.29, 1.82) is 0 Å². The fraction of sp³-hybridized carbons (Fsp3) is 0.190. The molecule has 30 heavy (non-hydrogen) atoms. The second kappa shape index (κ2) is 8.24. The summed E-state index contributed by atoms with van der Waals surface area (Å²) in [6.45, 7) is 2.41. The number of H-pyrrole nitrogens is 1. The van der Waals surface area contributed by atoms with E-state index in [1.807, 2.05) is 13.0 Å². The standard InChI is InChI=1S/C21H18FN5O3/c1-3-30-16-7-4-12(9-23-16)8-13-5-6-14(19(22)27-13)18(28)15-10-24-20-17(15)21(29-2)26-11-25-20/h4-7,9-11H,3,8H2,1-2H3,(H,24,25,26). The van der Waals surface area contributed by atoms with Crippen molar-refractivity contribution in [3.63, 3.8) is 0 Å². The molecule has 4 rings (SSSR count). The first-order valence-electron chi connectivity index (χ1n) is 9.24. The fourth-order valence-corrected chi connectivity index (χ4v) is 3.11. The predicted molar refractivity (Wildman–Crippen MR) is 106 cm³/mol. The van der Waals surface area contributed by atoms with Crippen LogP contribution in [0.1, 0.15) is 34.1 Å². The Hall–Kier alpha value is -3.88. The van der Waals surface area contributed by atoms with Gasteiger partial charge in [0, 0.05) is 30.6 Å². The number of carbonyl (C=O) groups is 1. The van der Waals surface area contributed by atoms with Crippen LogP contribution in [-0.2, 0) is 6.42 Å². The highest BCUT2D eigenvalue weighted by molar-refractivity contribution is 6.16. The SMILES string of the molecule is CCOc1ccc(Cc2ccc(C(=O)c3c[nH]c4ncnc(OC)c34)c(F)n2)cn1. The minimum atomic E-state index is -0.846. The lowest BCUT2D eigenvalue weighted by Gasteiger charge is -2.07. The van der Waals surface area contributed by atoms with Crippen molar-refractivity contribution in [2.75, 3.05) is 13.7 Å². The summed E-state index contributed by atoms with van der Waals surface area (Å²) >= 11 is 0. The third kappa shape index (κ3) is 3.69. The van der Waals surface area contributed by atoms with Crippen molar-refractivity contribution in [3.05, 3.63) is 71.3 Å². The topological polar surface area (TPSA) is 103 Å². The van der Waals surface area contributed by atoms with Gasteiger partial charge < -0.3 is 14.5 Å². The van der Waals surface area contributed by atoms with Crippen molar-refractivity contribution in [2.45, 2.75) is 13.3 Å². The number of nitrogens with zero attached hydrogens (tertiary/aromatic N) is 4. The van der Waals surface area contributed by atoms with E-state index in [2.05, 4.69) is 24.9 Å². The zero-order valence-corrected chi connectivity index (χ0v) is 16.3. The molecule has 4 aromatic rings. The maximum absolute atomic E-state index is 14.7. The second-order valence-corrected chi connectivity index (χ2v) is 6.39. The molecule has 8 nitrogen and oxygen atoms in total. The molecule has 0 spiro atoms. The molecule has 0 atom stereocenters. The molecule has 0 saturated heterocycles. The molecule has 0 aliphatic heterocycles. The van der Waals surface area contributed by atoms with Gasteiger partial charge in [0.2, 0.25) is 17.7 Å². The Morgan fingerprint density at radius 1 is 1.13 bits per heavy atom. The summed E-state index contributed by atoms with van der Waals surface area (Å²) in [5.41, 5.74) is 1.83. The monoisotopic (exact) mass is 407 g/mol. The average Bonchev–Trinajstić information content (AvgIpc) is 3.19. The van der Waals surface area contributed by atoms with Gasteiger partial charge in [0.25, 0.3) is 0 Å². The van der Waals surface area contributed by atoms with Crippen molar-refractivity contribution in [1.82, 2.24) is 24.9 Å². The zero-order valence-electron chi connectivity index (χ0n) is 16.3. The van der Waals surface area contributed by atoms with E-state index >= 15 is 0 Å². The number of methoxy groups -OCH3 is 1. The number of ketones is 1. The molecule has 4 heterocycles. The van der Waals surface area contributed by atoms with Crippen LogP contribution in [0.4, 0.5) is 4.39 Å². The number of fused-ring (bicyclic) bond motifs is 1. The molecule has 0 fully saturated rings. The maximum atomic E-state index is 14.7. The first-order chi connectivity index (χ1) is 14.6. The minimum absolute atomic E-state index is 0.143. The summed E-state index contributed by atoms with van der Waals surface area (Å²) in [7, 11) is 1.44. The van der Waals surface area contributed by atoms with Crippen LogP contribution in [0.25, 0.3) is 11.0 Å². The van der Waals surface area contributed by atoms with Crippen molar-refractivity contribution in [2.24, 2.45) is 0 Å². The number of nitrogens with one attached hydrogen (secondary N) is 1. The van der Waals surface area contributed by atoms with E-state index in [9.17, 15) is 9.18 Å². The van der Waals surface area contributed by atoms with Crippen LogP contribution >= 0.6 is 0 Å². The number of ether oxygens (including phenoxy) is 2. The largest absolute Gasteiger partial charge is 0.480 e. The normalized spacial score (nSPS) is 10.9. The predicted octanol–water partition coefficient (Wildman–Crippen LogP) is 3.12. The average molecular weight is 407 g/mol. The first-order valence-corrected chi connectivity index (χ1v) is 9.24. The summed E-state index contributed by atoms with van der Waals surface area (Å²) in [6.07, 6.45) is 4.81. The Morgan fingerprint density at radius 3 is 2.70 bits per heavy atom. The van der Waals surface area contributed by atoms with Gasteiger partial charge >= 0.3 is 0 Å². The van der Waals surface area contributed by atoms with E-state index < -0.39 is 11.7 Å². The number of hydrogen-bond donors (Lipinski definition) is 1. The maximum Gasteiger partial charge on any atom is 0.226 e. The highest BCUT2D eigenvalue weighted by Gasteiger charge is 2.22. The van der Waals surface area contributed by atoms with E-state index in [1.54, 1.807) is 18.3 Å². The summed E-state index contributed by atoms with van der Waals surface area (Å²) in [4.78, 5) is 32.0. The fourth-order valence-electron chi connectivity index (χ4n) is 3.11. The number of aromatic amines is 1. The molecule has 0 aliphatic carbocycles. The van der Waals surface area contributed by atoms with Crippen LogP contribution in [0.5, 0.6) is 11.8 Å². The molecule has 0 saturated carbocycles. The van der Waals surface area contributed by atoms with Gasteiger partial charge in [-0.25, -0.2) is 19.9 Å². The van der Waals surface area contributed by atoms with Crippen LogP contribution in [0, 0.1) is 5.95 Å². The summed E-state index contributed by atoms with van der Waals surface area (Å²) in [5, 5.41) is 0.397. The molecule has 1 N–H and O–H groups in total. The van der Waals surface area contributed by atoms with Gasteiger partial charge in [0.05, 0.1) is 30.2 Å². The van der Waals surface area contributed by atoms with Gasteiger partial charge in [-0.15, -0.1) is 0 Å². The highest BCUT2D eigenvalue weighted by atomic mass is 19.1. The molecule has 0 amide bonds. The third-order valence-electron chi connectivity index (χ3n) is 4.50. The van der Waals surface area contributed by atoms with Crippen LogP contribution in [0.15, 0.2) is 43.0 Å². The molecule has 0 aromatic carbocycles. The van der Waals surface area contributed by atoms with Crippen molar-refractivity contribution < 1.29 is 18.7 Å². The molecule has 0 unspecified atom stereocenters. The summed E-state index contributed by atoms with van der Waals surface area (Å²) in [5.74, 6) is -0.618. The van der Waals surface area contributed by atoms with Gasteiger partial charge in [0.15, 0.2) is 5.78 Å². The Bertz CT molecular complexity index is 1210. The van der Waals surface area contributed by atoms with Gasteiger partial charge in [-0.1, -0.05) is 6.07 Å². The molecule has 0 radical (unpaired) electrons. The Balaban J connectivity index is 1.60. The van der Waals surface area contributed by atoms with Crippen molar-refractivity contribution >= 4 is 16.8 Å². The van der Waals surface area contributed by atoms with Crippen LogP contribution in [0.2, 0.25) is 0 Å². The van der Waals surface area contributed by atoms with E-state index in [0.29, 0.717) is 35.6 Å². The van der Waals surface area contributed by atoms with Crippen molar-refractivity contribution in [3.8, 4) is 11.8 Å². The number of rotatable bonds is 7. The zero-order chi connectivity index (χ0) is 21.1. The lowest BCUT2D eigenvalue weighted by molar-refractivity contribution is 0.103. The molecule has 152 valence electrons. The van der Waals surface area contributed by atoms with E-state index in [4.69, 9.17) is 9.47 Å². The van der Waals surface area contributed by atoms with Crippen LogP contribution in [-0.4, -0.2) is 44.4 Å². The highest BCUT2D eigenvalue weighted by Crippen LogP contribution is 2.27. The molecule has 0 aliphatic rings. The molecule has 9 heteroatoms. The molecular formula is C21H18FN5O3. The second-order valence-electron chi connectivity index (χ2n) is 6.39. The molecule has 0 bridgehead atoms.